The van der Waals surface area contributed by atoms with Crippen molar-refractivity contribution in [3.63, 3.8) is 0 Å². The Morgan fingerprint density at radius 3 is 2.53 bits per heavy atom. The van der Waals surface area contributed by atoms with Gasteiger partial charge in [0, 0.05) is 11.9 Å². The SMILES string of the molecule is CC(C)(C)c1ccccc1Nc1ncccc1C#N. The van der Waals surface area contributed by atoms with E-state index >= 15 is 0 Å². The standard InChI is InChI=1S/C16H17N3/c1-16(2,3)13-8-4-5-9-14(13)19-15-12(11-17)7-6-10-18-15/h4-10H,1-3H3,(H,18,19). The summed E-state index contributed by atoms with van der Waals surface area (Å²) in [6.45, 7) is 6.49. The van der Waals surface area contributed by atoms with Gasteiger partial charge in [0.2, 0.25) is 0 Å². The van der Waals surface area contributed by atoms with Crippen molar-refractivity contribution in [2.75, 3.05) is 5.32 Å². The summed E-state index contributed by atoms with van der Waals surface area (Å²) in [5, 5.41) is 12.4. The first-order valence-corrected chi connectivity index (χ1v) is 6.24. The molecule has 1 heterocycles. The molecule has 1 aromatic heterocycles. The zero-order chi connectivity index (χ0) is 13.9. The molecule has 0 aliphatic rings. The molecule has 1 N–H and O–H groups in total. The van der Waals surface area contributed by atoms with Crippen molar-refractivity contribution in [2.45, 2.75) is 26.2 Å². The minimum absolute atomic E-state index is 0.0329. The van der Waals surface area contributed by atoms with Crippen LogP contribution in [-0.2, 0) is 5.41 Å². The number of benzene rings is 1. The second-order valence-corrected chi connectivity index (χ2v) is 5.43. The predicted molar refractivity (Wildman–Crippen MR) is 77.4 cm³/mol. The highest BCUT2D eigenvalue weighted by atomic mass is 15.0. The summed E-state index contributed by atoms with van der Waals surface area (Å²) in [7, 11) is 0. The molecule has 0 saturated carbocycles. The minimum Gasteiger partial charge on any atom is -0.339 e. The molecule has 0 bridgehead atoms. The van der Waals surface area contributed by atoms with Gasteiger partial charge in [0.1, 0.15) is 11.9 Å². The van der Waals surface area contributed by atoms with Gasteiger partial charge < -0.3 is 5.32 Å². The van der Waals surface area contributed by atoms with Crippen LogP contribution in [0.25, 0.3) is 0 Å². The number of nitrogens with zero attached hydrogens (tertiary/aromatic N) is 2. The van der Waals surface area contributed by atoms with Crippen LogP contribution in [0.3, 0.4) is 0 Å². The van der Waals surface area contributed by atoms with E-state index in [-0.39, 0.29) is 5.41 Å². The number of nitrogens with one attached hydrogen (secondary N) is 1. The molecule has 19 heavy (non-hydrogen) atoms. The zero-order valence-electron chi connectivity index (χ0n) is 11.4. The molecule has 1 aromatic carbocycles. The fourth-order valence-electron chi connectivity index (χ4n) is 1.97. The van der Waals surface area contributed by atoms with Crippen molar-refractivity contribution in [3.8, 4) is 6.07 Å². The minimum atomic E-state index is 0.0329. The van der Waals surface area contributed by atoms with Gasteiger partial charge in [-0.15, -0.1) is 0 Å². The molecule has 3 nitrogen and oxygen atoms in total. The molecule has 0 saturated heterocycles. The predicted octanol–water partition coefficient (Wildman–Crippen LogP) is 3.99. The van der Waals surface area contributed by atoms with Crippen LogP contribution in [0.5, 0.6) is 0 Å². The van der Waals surface area contributed by atoms with E-state index in [9.17, 15) is 0 Å². The first-order chi connectivity index (χ1) is 9.02. The number of anilines is 2. The number of nitriles is 1. The van der Waals surface area contributed by atoms with Gasteiger partial charge in [-0.3, -0.25) is 0 Å². The quantitative estimate of drug-likeness (QED) is 0.877. The Morgan fingerprint density at radius 2 is 1.84 bits per heavy atom. The Kier molecular flexibility index (Phi) is 3.52. The van der Waals surface area contributed by atoms with Crippen molar-refractivity contribution < 1.29 is 0 Å². The van der Waals surface area contributed by atoms with Crippen molar-refractivity contribution in [2.24, 2.45) is 0 Å². The molecule has 0 atom stereocenters. The smallest absolute Gasteiger partial charge is 0.148 e. The molecular formula is C16H17N3. The van der Waals surface area contributed by atoms with Crippen molar-refractivity contribution in [1.29, 1.82) is 5.26 Å². The van der Waals surface area contributed by atoms with E-state index < -0.39 is 0 Å². The summed E-state index contributed by atoms with van der Waals surface area (Å²) in [6.07, 6.45) is 1.68. The lowest BCUT2D eigenvalue weighted by Crippen LogP contribution is -2.14. The molecule has 0 fully saturated rings. The molecule has 96 valence electrons. The maximum Gasteiger partial charge on any atom is 0.148 e. The van der Waals surface area contributed by atoms with Crippen LogP contribution in [0.2, 0.25) is 0 Å². The van der Waals surface area contributed by atoms with Crippen LogP contribution in [0.4, 0.5) is 11.5 Å². The molecule has 0 aliphatic heterocycles. The molecule has 0 amide bonds. The van der Waals surface area contributed by atoms with Crippen molar-refractivity contribution in [1.82, 2.24) is 4.98 Å². The number of rotatable bonds is 2. The highest BCUT2D eigenvalue weighted by Crippen LogP contribution is 2.31. The molecule has 0 radical (unpaired) electrons. The third-order valence-electron chi connectivity index (χ3n) is 2.92. The van der Waals surface area contributed by atoms with Gasteiger partial charge in [-0.2, -0.15) is 5.26 Å². The van der Waals surface area contributed by atoms with E-state index in [0.717, 1.165) is 5.69 Å². The van der Waals surface area contributed by atoms with Gasteiger partial charge in [-0.1, -0.05) is 39.0 Å². The van der Waals surface area contributed by atoms with Gasteiger partial charge in [0.05, 0.1) is 5.56 Å². The second-order valence-electron chi connectivity index (χ2n) is 5.43. The fourth-order valence-corrected chi connectivity index (χ4v) is 1.97. The molecule has 3 heteroatoms. The average Bonchev–Trinajstić information content (AvgIpc) is 2.39. The average molecular weight is 251 g/mol. The summed E-state index contributed by atoms with van der Waals surface area (Å²) in [5.41, 5.74) is 2.77. The maximum absolute atomic E-state index is 9.10. The molecule has 0 spiro atoms. The Balaban J connectivity index is 2.43. The van der Waals surface area contributed by atoms with Crippen molar-refractivity contribution >= 4 is 11.5 Å². The van der Waals surface area contributed by atoms with E-state index in [0.29, 0.717) is 11.4 Å². The summed E-state index contributed by atoms with van der Waals surface area (Å²) in [6, 6.07) is 13.8. The molecule has 0 unspecified atom stereocenters. The largest absolute Gasteiger partial charge is 0.339 e. The number of para-hydroxylation sites is 1. The molecule has 2 aromatic rings. The highest BCUT2D eigenvalue weighted by molar-refractivity contribution is 5.66. The van der Waals surface area contributed by atoms with Crippen LogP contribution >= 0.6 is 0 Å². The van der Waals surface area contributed by atoms with E-state index in [1.165, 1.54) is 5.56 Å². The number of aromatic nitrogens is 1. The third-order valence-corrected chi connectivity index (χ3v) is 2.92. The lowest BCUT2D eigenvalue weighted by atomic mass is 9.86. The molecule has 0 aliphatic carbocycles. The van der Waals surface area contributed by atoms with E-state index in [1.807, 2.05) is 18.2 Å². The second kappa shape index (κ2) is 5.11. The fraction of sp³-hybridized carbons (Fsp3) is 0.250. The Morgan fingerprint density at radius 1 is 1.11 bits per heavy atom. The number of hydrogen-bond acceptors (Lipinski definition) is 3. The van der Waals surface area contributed by atoms with Crippen LogP contribution < -0.4 is 5.32 Å². The first-order valence-electron chi connectivity index (χ1n) is 6.24. The number of hydrogen-bond donors (Lipinski definition) is 1. The first kappa shape index (κ1) is 13.1. The monoisotopic (exact) mass is 251 g/mol. The highest BCUT2D eigenvalue weighted by Gasteiger charge is 2.18. The van der Waals surface area contributed by atoms with Gasteiger partial charge in [-0.25, -0.2) is 4.98 Å². The Labute approximate surface area is 113 Å². The van der Waals surface area contributed by atoms with Gasteiger partial charge in [0.15, 0.2) is 0 Å². The Bertz CT molecular complexity index is 618. The summed E-state index contributed by atoms with van der Waals surface area (Å²) < 4.78 is 0. The van der Waals surface area contributed by atoms with E-state index in [2.05, 4.69) is 43.2 Å². The van der Waals surface area contributed by atoms with Gasteiger partial charge in [0.25, 0.3) is 0 Å². The lowest BCUT2D eigenvalue weighted by Gasteiger charge is -2.23. The van der Waals surface area contributed by atoms with Crippen LogP contribution in [0, 0.1) is 11.3 Å². The van der Waals surface area contributed by atoms with Crippen LogP contribution in [0.1, 0.15) is 31.9 Å². The van der Waals surface area contributed by atoms with Crippen molar-refractivity contribution in [3.05, 3.63) is 53.7 Å². The molecule has 2 rings (SSSR count). The Hall–Kier alpha value is -2.34. The van der Waals surface area contributed by atoms with Gasteiger partial charge >= 0.3 is 0 Å². The normalized spacial score (nSPS) is 10.8. The summed E-state index contributed by atoms with van der Waals surface area (Å²) in [4.78, 5) is 4.23. The zero-order valence-corrected chi connectivity index (χ0v) is 11.4. The van der Waals surface area contributed by atoms with Crippen LogP contribution in [0.15, 0.2) is 42.6 Å². The lowest BCUT2D eigenvalue weighted by molar-refractivity contribution is 0.592. The topological polar surface area (TPSA) is 48.7 Å². The van der Waals surface area contributed by atoms with Crippen LogP contribution in [-0.4, -0.2) is 4.98 Å². The van der Waals surface area contributed by atoms with Gasteiger partial charge in [-0.05, 0) is 29.2 Å². The van der Waals surface area contributed by atoms with E-state index in [1.54, 1.807) is 18.3 Å². The number of pyridine rings is 1. The summed E-state index contributed by atoms with van der Waals surface area (Å²) in [5.74, 6) is 0.599. The third kappa shape index (κ3) is 2.92. The molecular weight excluding hydrogens is 234 g/mol. The summed E-state index contributed by atoms with van der Waals surface area (Å²) >= 11 is 0. The van der Waals surface area contributed by atoms with E-state index in [4.69, 9.17) is 5.26 Å². The maximum atomic E-state index is 9.10.